The molecule has 0 fully saturated rings. The van der Waals surface area contributed by atoms with Crippen molar-refractivity contribution in [1.82, 2.24) is 4.98 Å². The Morgan fingerprint density at radius 1 is 1.27 bits per heavy atom. The first-order valence-corrected chi connectivity index (χ1v) is 9.47. The van der Waals surface area contributed by atoms with Crippen LogP contribution >= 0.6 is 23.2 Å². The molecule has 1 aliphatic rings. The number of hydrogen-bond acceptors (Lipinski definition) is 8. The van der Waals surface area contributed by atoms with Gasteiger partial charge in [0, 0.05) is 11.8 Å². The second kappa shape index (κ2) is 9.64. The fourth-order valence-corrected chi connectivity index (χ4v) is 2.79. The Morgan fingerprint density at radius 3 is 2.80 bits per heavy atom. The van der Waals surface area contributed by atoms with Crippen LogP contribution in [0.3, 0.4) is 0 Å². The molecule has 0 saturated carbocycles. The fraction of sp³-hybridized carbons (Fsp3) is 0.263. The van der Waals surface area contributed by atoms with Crippen LogP contribution in [-0.4, -0.2) is 42.1 Å². The summed E-state index contributed by atoms with van der Waals surface area (Å²) < 4.78 is 15.6. The van der Waals surface area contributed by atoms with Gasteiger partial charge in [0.15, 0.2) is 23.4 Å². The summed E-state index contributed by atoms with van der Waals surface area (Å²) in [5.41, 5.74) is 1.27. The number of halogens is 2. The van der Waals surface area contributed by atoms with Gasteiger partial charge in [-0.25, -0.2) is 9.78 Å². The maximum atomic E-state index is 12.1. The lowest BCUT2D eigenvalue weighted by atomic mass is 10.1. The lowest BCUT2D eigenvalue weighted by Crippen LogP contribution is -2.31. The van der Waals surface area contributed by atoms with E-state index in [1.54, 1.807) is 25.1 Å². The Morgan fingerprint density at radius 2 is 2.03 bits per heavy atom. The quantitative estimate of drug-likeness (QED) is 0.388. The molecule has 9 nitrogen and oxygen atoms in total. The van der Waals surface area contributed by atoms with Crippen LogP contribution in [0, 0.1) is 0 Å². The van der Waals surface area contributed by atoms with Crippen molar-refractivity contribution in [2.45, 2.75) is 20.0 Å². The molecule has 158 valence electrons. The number of rotatable bonds is 7. The highest BCUT2D eigenvalue weighted by Gasteiger charge is 2.20. The minimum atomic E-state index is -1.10. The molecule has 1 aromatic carbocycles. The van der Waals surface area contributed by atoms with Gasteiger partial charge in [-0.2, -0.15) is 0 Å². The first-order chi connectivity index (χ1) is 14.3. The van der Waals surface area contributed by atoms with E-state index in [4.69, 9.17) is 42.3 Å². The van der Waals surface area contributed by atoms with E-state index in [0.717, 1.165) is 5.56 Å². The zero-order valence-electron chi connectivity index (χ0n) is 16.0. The average Bonchev–Trinajstić information content (AvgIpc) is 3.17. The molecule has 1 amide bonds. The summed E-state index contributed by atoms with van der Waals surface area (Å²) in [7, 11) is 0. The van der Waals surface area contributed by atoms with E-state index < -0.39 is 24.6 Å². The lowest BCUT2D eigenvalue weighted by Gasteiger charge is -2.13. The molecular formula is C19H17Cl2N3O6. The highest BCUT2D eigenvalue weighted by atomic mass is 35.5. The van der Waals surface area contributed by atoms with Crippen LogP contribution in [0.15, 0.2) is 35.6 Å². The predicted molar refractivity (Wildman–Crippen MR) is 109 cm³/mol. The molecular weight excluding hydrogens is 437 g/mol. The van der Waals surface area contributed by atoms with Crippen LogP contribution in [-0.2, 0) is 19.2 Å². The van der Waals surface area contributed by atoms with E-state index in [9.17, 15) is 9.59 Å². The van der Waals surface area contributed by atoms with Crippen molar-refractivity contribution in [1.29, 1.82) is 0 Å². The summed E-state index contributed by atoms with van der Waals surface area (Å²) in [5, 5.41) is 6.81. The predicted octanol–water partition coefficient (Wildman–Crippen LogP) is 3.43. The molecule has 11 heteroatoms. The van der Waals surface area contributed by atoms with Crippen molar-refractivity contribution >= 4 is 46.6 Å². The molecule has 30 heavy (non-hydrogen) atoms. The normalized spacial score (nSPS) is 13.5. The number of amides is 1. The molecule has 0 bridgehead atoms. The van der Waals surface area contributed by atoms with Crippen molar-refractivity contribution in [2.24, 2.45) is 5.16 Å². The molecule has 0 aliphatic carbocycles. The molecule has 0 spiro atoms. The Labute approximate surface area is 181 Å². The number of pyridine rings is 1. The Balaban J connectivity index is 1.47. The van der Waals surface area contributed by atoms with Crippen molar-refractivity contribution in [3.05, 3.63) is 46.1 Å². The van der Waals surface area contributed by atoms with E-state index in [1.165, 1.54) is 19.2 Å². The first-order valence-electron chi connectivity index (χ1n) is 8.71. The maximum Gasteiger partial charge on any atom is 0.347 e. The minimum Gasteiger partial charge on any atom is -0.454 e. The smallest absolute Gasteiger partial charge is 0.347 e. The SMILES string of the molecule is C/C(=N/OCC(=O)O[C@H](C)C(=O)Nc1ncc(Cl)cc1Cl)c1ccc2c(c1)OCO2. The number of esters is 1. The molecule has 1 atom stereocenters. The zero-order chi connectivity index (χ0) is 21.7. The number of nitrogens with one attached hydrogen (secondary N) is 1. The van der Waals surface area contributed by atoms with Crippen LogP contribution in [0.25, 0.3) is 0 Å². The standard InChI is InChI=1S/C19H17Cl2N3O6/c1-10(12-3-4-15-16(5-12)28-9-27-15)24-29-8-17(25)30-11(2)19(26)23-18-14(21)6-13(20)7-22-18/h3-7,11H,8-9H2,1-2H3,(H,22,23,26)/b24-10-/t11-/m1/s1. The Bertz CT molecular complexity index is 998. The number of hydrogen-bond donors (Lipinski definition) is 1. The largest absolute Gasteiger partial charge is 0.454 e. The van der Waals surface area contributed by atoms with Gasteiger partial charge in [-0.15, -0.1) is 0 Å². The third-order valence-electron chi connectivity index (χ3n) is 3.90. The number of fused-ring (bicyclic) bond motifs is 1. The van der Waals surface area contributed by atoms with Gasteiger partial charge >= 0.3 is 5.97 Å². The highest BCUT2D eigenvalue weighted by Crippen LogP contribution is 2.32. The van der Waals surface area contributed by atoms with Gasteiger partial charge in [0.25, 0.3) is 5.91 Å². The van der Waals surface area contributed by atoms with Gasteiger partial charge in [0.05, 0.1) is 15.8 Å². The molecule has 3 rings (SSSR count). The summed E-state index contributed by atoms with van der Waals surface area (Å²) in [4.78, 5) is 33.0. The zero-order valence-corrected chi connectivity index (χ0v) is 17.5. The summed E-state index contributed by atoms with van der Waals surface area (Å²) in [6.07, 6.45) is 0.224. The molecule has 1 aliphatic heterocycles. The molecule has 0 unspecified atom stereocenters. The molecule has 0 saturated heterocycles. The summed E-state index contributed by atoms with van der Waals surface area (Å²) in [6.45, 7) is 2.81. The van der Waals surface area contributed by atoms with Crippen LogP contribution < -0.4 is 14.8 Å². The Kier molecular flexibility index (Phi) is 6.96. The fourth-order valence-electron chi connectivity index (χ4n) is 2.37. The number of anilines is 1. The van der Waals surface area contributed by atoms with Crippen LogP contribution in [0.1, 0.15) is 19.4 Å². The summed E-state index contributed by atoms with van der Waals surface area (Å²) >= 11 is 11.7. The number of oxime groups is 1. The summed E-state index contributed by atoms with van der Waals surface area (Å²) in [6, 6.07) is 6.73. The van der Waals surface area contributed by atoms with E-state index in [1.807, 2.05) is 0 Å². The summed E-state index contributed by atoms with van der Waals surface area (Å²) in [5.74, 6) is -0.0145. The van der Waals surface area contributed by atoms with E-state index >= 15 is 0 Å². The van der Waals surface area contributed by atoms with Crippen molar-refractivity contribution in [3.8, 4) is 11.5 Å². The number of carbonyl (C=O) groups is 2. The first kappa shape index (κ1) is 21.7. The van der Waals surface area contributed by atoms with E-state index in [2.05, 4.69) is 15.5 Å². The molecule has 0 radical (unpaired) electrons. The number of nitrogens with zero attached hydrogens (tertiary/aromatic N) is 2. The third-order valence-corrected chi connectivity index (χ3v) is 4.40. The minimum absolute atomic E-state index is 0.106. The third kappa shape index (κ3) is 5.52. The van der Waals surface area contributed by atoms with Gasteiger partial charge < -0.3 is 24.4 Å². The average molecular weight is 454 g/mol. The molecule has 2 aromatic rings. The van der Waals surface area contributed by atoms with Crippen LogP contribution in [0.4, 0.5) is 5.82 Å². The number of ether oxygens (including phenoxy) is 3. The number of aromatic nitrogens is 1. The monoisotopic (exact) mass is 453 g/mol. The number of benzene rings is 1. The number of carbonyl (C=O) groups excluding carboxylic acids is 2. The van der Waals surface area contributed by atoms with Gasteiger partial charge in [0.1, 0.15) is 0 Å². The Hall–Kier alpha value is -3.04. The van der Waals surface area contributed by atoms with Crippen LogP contribution in [0.5, 0.6) is 11.5 Å². The van der Waals surface area contributed by atoms with Crippen molar-refractivity contribution in [3.63, 3.8) is 0 Å². The molecule has 1 N–H and O–H groups in total. The highest BCUT2D eigenvalue weighted by molar-refractivity contribution is 6.36. The van der Waals surface area contributed by atoms with Crippen molar-refractivity contribution in [2.75, 3.05) is 18.7 Å². The second-order valence-electron chi connectivity index (χ2n) is 6.12. The van der Waals surface area contributed by atoms with Gasteiger partial charge in [-0.3, -0.25) is 4.79 Å². The van der Waals surface area contributed by atoms with E-state index in [0.29, 0.717) is 22.2 Å². The van der Waals surface area contributed by atoms with Crippen LogP contribution in [0.2, 0.25) is 10.0 Å². The van der Waals surface area contributed by atoms with Gasteiger partial charge in [-0.1, -0.05) is 28.4 Å². The topological polar surface area (TPSA) is 108 Å². The van der Waals surface area contributed by atoms with Gasteiger partial charge in [0.2, 0.25) is 13.4 Å². The molecule has 2 heterocycles. The van der Waals surface area contributed by atoms with Gasteiger partial charge in [-0.05, 0) is 38.1 Å². The van der Waals surface area contributed by atoms with Crippen molar-refractivity contribution < 1.29 is 28.6 Å². The van der Waals surface area contributed by atoms with E-state index in [-0.39, 0.29) is 17.6 Å². The molecule has 1 aromatic heterocycles. The lowest BCUT2D eigenvalue weighted by molar-refractivity contribution is -0.157. The maximum absolute atomic E-state index is 12.1. The second-order valence-corrected chi connectivity index (χ2v) is 6.97.